The number of H-pyrrole nitrogens is 1. The summed E-state index contributed by atoms with van der Waals surface area (Å²) in [5, 5.41) is 6.66. The van der Waals surface area contributed by atoms with E-state index in [-0.39, 0.29) is 5.91 Å². The van der Waals surface area contributed by atoms with Crippen LogP contribution in [-0.4, -0.2) is 33.8 Å². The summed E-state index contributed by atoms with van der Waals surface area (Å²) in [7, 11) is 1.84. The number of thiophene rings is 1. The Balaban J connectivity index is 1.74. The van der Waals surface area contributed by atoms with Gasteiger partial charge in [-0.15, -0.1) is 11.3 Å². The maximum absolute atomic E-state index is 12.4. The average molecular weight is 293 g/mol. The average Bonchev–Trinajstić information content (AvgIpc) is 3.05. The largest absolute Gasteiger partial charge is 0.337 e. The minimum atomic E-state index is 0.102. The number of thioether (sulfide) groups is 1. The minimum Gasteiger partial charge on any atom is -0.337 e. The zero-order valence-electron chi connectivity index (χ0n) is 10.7. The van der Waals surface area contributed by atoms with Crippen molar-refractivity contribution in [2.45, 2.75) is 18.7 Å². The van der Waals surface area contributed by atoms with Gasteiger partial charge >= 0.3 is 0 Å². The summed E-state index contributed by atoms with van der Waals surface area (Å²) in [5.41, 5.74) is 2.37. The molecular weight excluding hydrogens is 278 g/mol. The lowest BCUT2D eigenvalue weighted by Gasteiger charge is -2.14. The first-order valence-corrected chi connectivity index (χ1v) is 8.13. The zero-order chi connectivity index (χ0) is 13.2. The predicted molar refractivity (Wildman–Crippen MR) is 78.6 cm³/mol. The molecule has 0 atom stereocenters. The van der Waals surface area contributed by atoms with Gasteiger partial charge in [0.1, 0.15) is 0 Å². The maximum atomic E-state index is 12.4. The fourth-order valence-corrected chi connectivity index (χ4v) is 4.52. The topological polar surface area (TPSA) is 49.0 Å². The third-order valence-corrected chi connectivity index (χ3v) is 5.39. The molecule has 1 aliphatic rings. The SMILES string of the molecule is CN(Cc1cn[nH]c1)C(=O)c1cc2c(s1)CCSC2. The molecule has 0 saturated carbocycles. The summed E-state index contributed by atoms with van der Waals surface area (Å²) in [6.45, 7) is 0.590. The Bertz CT molecular complexity index is 553. The fourth-order valence-electron chi connectivity index (χ4n) is 2.15. The molecule has 4 nitrogen and oxygen atoms in total. The number of hydrogen-bond acceptors (Lipinski definition) is 4. The van der Waals surface area contributed by atoms with Gasteiger partial charge in [0.15, 0.2) is 0 Å². The fraction of sp³-hybridized carbons (Fsp3) is 0.385. The van der Waals surface area contributed by atoms with E-state index >= 15 is 0 Å². The number of aromatic nitrogens is 2. The van der Waals surface area contributed by atoms with E-state index in [9.17, 15) is 4.79 Å². The number of carbonyl (C=O) groups is 1. The molecule has 2 aromatic heterocycles. The molecule has 0 spiro atoms. The highest BCUT2D eigenvalue weighted by Crippen LogP contribution is 2.32. The number of fused-ring (bicyclic) bond motifs is 1. The molecule has 0 unspecified atom stereocenters. The summed E-state index contributed by atoms with van der Waals surface area (Å²) in [6.07, 6.45) is 4.67. The Kier molecular flexibility index (Phi) is 3.61. The van der Waals surface area contributed by atoms with Crippen LogP contribution in [0.1, 0.15) is 25.7 Å². The van der Waals surface area contributed by atoms with Gasteiger partial charge in [-0.2, -0.15) is 16.9 Å². The molecule has 6 heteroatoms. The summed E-state index contributed by atoms with van der Waals surface area (Å²) in [5.74, 6) is 2.32. The van der Waals surface area contributed by atoms with Crippen molar-refractivity contribution in [3.8, 4) is 0 Å². The maximum Gasteiger partial charge on any atom is 0.263 e. The van der Waals surface area contributed by atoms with Crippen LogP contribution < -0.4 is 0 Å². The summed E-state index contributed by atoms with van der Waals surface area (Å²) in [4.78, 5) is 16.4. The number of nitrogens with zero attached hydrogens (tertiary/aromatic N) is 2. The molecular formula is C13H15N3OS2. The Labute approximate surface area is 120 Å². The lowest BCUT2D eigenvalue weighted by Crippen LogP contribution is -2.25. The van der Waals surface area contributed by atoms with E-state index in [0.717, 1.165) is 22.6 Å². The third kappa shape index (κ3) is 2.69. The summed E-state index contributed by atoms with van der Waals surface area (Å²) < 4.78 is 0. The third-order valence-electron chi connectivity index (χ3n) is 3.16. The van der Waals surface area contributed by atoms with Crippen molar-refractivity contribution in [1.82, 2.24) is 15.1 Å². The molecule has 0 radical (unpaired) electrons. The molecule has 19 heavy (non-hydrogen) atoms. The van der Waals surface area contributed by atoms with E-state index in [2.05, 4.69) is 16.3 Å². The number of nitrogens with one attached hydrogen (secondary N) is 1. The van der Waals surface area contributed by atoms with Gasteiger partial charge in [0.2, 0.25) is 0 Å². The van der Waals surface area contributed by atoms with Crippen LogP contribution in [0, 0.1) is 0 Å². The van der Waals surface area contributed by atoms with Crippen molar-refractivity contribution in [1.29, 1.82) is 0 Å². The Morgan fingerprint density at radius 1 is 1.58 bits per heavy atom. The Morgan fingerprint density at radius 3 is 3.21 bits per heavy atom. The smallest absolute Gasteiger partial charge is 0.263 e. The monoisotopic (exact) mass is 293 g/mol. The van der Waals surface area contributed by atoms with E-state index in [0.29, 0.717) is 6.54 Å². The Morgan fingerprint density at radius 2 is 2.47 bits per heavy atom. The summed E-state index contributed by atoms with van der Waals surface area (Å²) >= 11 is 3.60. The predicted octanol–water partition coefficient (Wildman–Crippen LogP) is 2.53. The highest BCUT2D eigenvalue weighted by Gasteiger charge is 2.20. The molecule has 0 fully saturated rings. The molecule has 3 rings (SSSR count). The number of aryl methyl sites for hydroxylation is 1. The highest BCUT2D eigenvalue weighted by atomic mass is 32.2. The minimum absolute atomic E-state index is 0.102. The van der Waals surface area contributed by atoms with Crippen LogP contribution in [0.3, 0.4) is 0 Å². The van der Waals surface area contributed by atoms with E-state index in [1.807, 2.05) is 25.0 Å². The molecule has 1 N–H and O–H groups in total. The number of carbonyl (C=O) groups excluding carboxylic acids is 1. The van der Waals surface area contributed by atoms with Crippen molar-refractivity contribution < 1.29 is 4.79 Å². The van der Waals surface area contributed by atoms with Crippen LogP contribution in [-0.2, 0) is 18.7 Å². The standard InChI is InChI=1S/C13H15N3OS2/c1-16(7-9-5-14-15-6-9)13(17)12-4-10-8-18-3-2-11(10)19-12/h4-6H,2-3,7-8H2,1H3,(H,14,15). The zero-order valence-corrected chi connectivity index (χ0v) is 12.3. The molecule has 0 aliphatic carbocycles. The second-order valence-corrected chi connectivity index (χ2v) is 6.87. The van der Waals surface area contributed by atoms with Crippen molar-refractivity contribution in [2.75, 3.05) is 12.8 Å². The normalized spacial score (nSPS) is 14.2. The van der Waals surface area contributed by atoms with Crippen LogP contribution in [0.2, 0.25) is 0 Å². The quantitative estimate of drug-likeness (QED) is 0.946. The van der Waals surface area contributed by atoms with Crippen LogP contribution in [0.15, 0.2) is 18.5 Å². The first-order valence-electron chi connectivity index (χ1n) is 6.16. The van der Waals surface area contributed by atoms with Crippen molar-refractivity contribution in [2.24, 2.45) is 0 Å². The number of aromatic amines is 1. The lowest BCUT2D eigenvalue weighted by atomic mass is 10.2. The van der Waals surface area contributed by atoms with Crippen molar-refractivity contribution >= 4 is 29.0 Å². The molecule has 1 aliphatic heterocycles. The van der Waals surface area contributed by atoms with Gasteiger partial charge in [-0.3, -0.25) is 9.89 Å². The van der Waals surface area contributed by atoms with Gasteiger partial charge in [0.25, 0.3) is 5.91 Å². The van der Waals surface area contributed by atoms with Gasteiger partial charge in [-0.05, 0) is 23.8 Å². The molecule has 0 saturated heterocycles. The van der Waals surface area contributed by atoms with Gasteiger partial charge in [-0.25, -0.2) is 0 Å². The second-order valence-electron chi connectivity index (χ2n) is 4.63. The first-order chi connectivity index (χ1) is 9.24. The molecule has 100 valence electrons. The lowest BCUT2D eigenvalue weighted by molar-refractivity contribution is 0.0790. The van der Waals surface area contributed by atoms with E-state index < -0.39 is 0 Å². The van der Waals surface area contributed by atoms with Gasteiger partial charge in [-0.1, -0.05) is 0 Å². The van der Waals surface area contributed by atoms with Crippen molar-refractivity contribution in [3.63, 3.8) is 0 Å². The Hall–Kier alpha value is -1.27. The van der Waals surface area contributed by atoms with Crippen LogP contribution in [0.4, 0.5) is 0 Å². The van der Waals surface area contributed by atoms with Crippen LogP contribution in [0.25, 0.3) is 0 Å². The van der Waals surface area contributed by atoms with Gasteiger partial charge in [0, 0.05) is 36.0 Å². The number of hydrogen-bond donors (Lipinski definition) is 1. The second kappa shape index (κ2) is 5.38. The molecule has 0 bridgehead atoms. The highest BCUT2D eigenvalue weighted by molar-refractivity contribution is 7.98. The van der Waals surface area contributed by atoms with E-state index in [4.69, 9.17) is 0 Å². The van der Waals surface area contributed by atoms with Crippen LogP contribution >= 0.6 is 23.1 Å². The molecule has 0 aromatic carbocycles. The van der Waals surface area contributed by atoms with Gasteiger partial charge < -0.3 is 4.90 Å². The van der Waals surface area contributed by atoms with Crippen molar-refractivity contribution in [3.05, 3.63) is 39.3 Å². The van der Waals surface area contributed by atoms with Gasteiger partial charge in [0.05, 0.1) is 11.1 Å². The number of amides is 1. The molecule has 1 amide bonds. The van der Waals surface area contributed by atoms with E-state index in [1.165, 1.54) is 16.2 Å². The van der Waals surface area contributed by atoms with E-state index in [1.54, 1.807) is 22.4 Å². The number of rotatable bonds is 3. The molecule has 3 heterocycles. The first kappa shape index (κ1) is 12.7. The van der Waals surface area contributed by atoms with Crippen LogP contribution in [0.5, 0.6) is 0 Å². The molecule has 2 aromatic rings. The summed E-state index contributed by atoms with van der Waals surface area (Å²) in [6, 6.07) is 2.07.